The molecule has 1 fully saturated rings. The zero-order valence-electron chi connectivity index (χ0n) is 11.1. The van der Waals surface area contributed by atoms with E-state index in [-0.39, 0.29) is 17.9 Å². The van der Waals surface area contributed by atoms with Gasteiger partial charge in [0, 0.05) is 26.1 Å². The van der Waals surface area contributed by atoms with E-state index < -0.39 is 5.54 Å². The number of carbonyl (C=O) groups excluding carboxylic acids is 2. The van der Waals surface area contributed by atoms with Gasteiger partial charge in [-0.15, -0.1) is 0 Å². The number of methoxy groups -OCH3 is 1. The van der Waals surface area contributed by atoms with Crippen LogP contribution in [0.25, 0.3) is 0 Å². The number of hydrogen-bond donors (Lipinski definition) is 1. The van der Waals surface area contributed by atoms with Gasteiger partial charge < -0.3 is 15.0 Å². The summed E-state index contributed by atoms with van der Waals surface area (Å²) in [5.41, 5.74) is -0.782. The minimum absolute atomic E-state index is 0.0181. The molecule has 5 nitrogen and oxygen atoms in total. The van der Waals surface area contributed by atoms with Crippen molar-refractivity contribution >= 4 is 11.8 Å². The zero-order valence-corrected chi connectivity index (χ0v) is 11.1. The predicted molar refractivity (Wildman–Crippen MR) is 64.5 cm³/mol. The van der Waals surface area contributed by atoms with Crippen molar-refractivity contribution in [2.75, 3.05) is 20.3 Å². The van der Waals surface area contributed by atoms with E-state index in [1.165, 1.54) is 0 Å². The maximum absolute atomic E-state index is 12.4. The highest BCUT2D eigenvalue weighted by molar-refractivity contribution is 5.93. The number of amides is 2. The quantitative estimate of drug-likeness (QED) is 0.782. The van der Waals surface area contributed by atoms with Crippen LogP contribution in [-0.2, 0) is 14.3 Å². The lowest BCUT2D eigenvalue weighted by atomic mass is 9.97. The normalized spacial score (nSPS) is 30.1. The van der Waals surface area contributed by atoms with E-state index >= 15 is 0 Å². The van der Waals surface area contributed by atoms with Gasteiger partial charge in [0.2, 0.25) is 11.8 Å². The van der Waals surface area contributed by atoms with Gasteiger partial charge in [0.05, 0.1) is 6.61 Å². The molecule has 0 aromatic carbocycles. The molecule has 2 unspecified atom stereocenters. The first-order valence-electron chi connectivity index (χ1n) is 6.05. The zero-order chi connectivity index (χ0) is 13.1. The topological polar surface area (TPSA) is 58.6 Å². The largest absolute Gasteiger partial charge is 0.383 e. The molecule has 1 heterocycles. The molecule has 1 aliphatic rings. The Morgan fingerprint density at radius 2 is 2.18 bits per heavy atom. The van der Waals surface area contributed by atoms with Crippen molar-refractivity contribution in [1.29, 1.82) is 0 Å². The van der Waals surface area contributed by atoms with Crippen molar-refractivity contribution in [3.63, 3.8) is 0 Å². The second-order valence-electron chi connectivity index (χ2n) is 4.78. The number of hydrogen-bond acceptors (Lipinski definition) is 3. The molecule has 1 saturated heterocycles. The van der Waals surface area contributed by atoms with Crippen LogP contribution in [0, 0.1) is 0 Å². The van der Waals surface area contributed by atoms with Gasteiger partial charge in [-0.05, 0) is 20.3 Å². The average molecular weight is 242 g/mol. The SMILES string of the molecule is CCC1(C)NC(=O)CC(C)N(CCOC)C1=O. The molecule has 5 heteroatoms. The van der Waals surface area contributed by atoms with E-state index in [2.05, 4.69) is 5.32 Å². The van der Waals surface area contributed by atoms with Gasteiger partial charge in [-0.25, -0.2) is 0 Å². The van der Waals surface area contributed by atoms with Crippen LogP contribution in [0.4, 0.5) is 0 Å². The van der Waals surface area contributed by atoms with E-state index in [0.29, 0.717) is 26.0 Å². The van der Waals surface area contributed by atoms with E-state index in [0.717, 1.165) is 0 Å². The fraction of sp³-hybridized carbons (Fsp3) is 0.833. The van der Waals surface area contributed by atoms with Gasteiger partial charge in [-0.2, -0.15) is 0 Å². The molecule has 0 aromatic heterocycles. The summed E-state index contributed by atoms with van der Waals surface area (Å²) in [5.74, 6) is -0.0782. The molecular weight excluding hydrogens is 220 g/mol. The Kier molecular flexibility index (Phi) is 4.51. The second kappa shape index (κ2) is 5.49. The summed E-state index contributed by atoms with van der Waals surface area (Å²) in [6.45, 7) is 6.60. The van der Waals surface area contributed by atoms with Crippen LogP contribution in [-0.4, -0.2) is 48.6 Å². The fourth-order valence-corrected chi connectivity index (χ4v) is 2.06. The van der Waals surface area contributed by atoms with Gasteiger partial charge in [0.15, 0.2) is 0 Å². The summed E-state index contributed by atoms with van der Waals surface area (Å²) >= 11 is 0. The summed E-state index contributed by atoms with van der Waals surface area (Å²) < 4.78 is 5.01. The summed E-state index contributed by atoms with van der Waals surface area (Å²) in [4.78, 5) is 25.9. The number of carbonyl (C=O) groups is 2. The Morgan fingerprint density at radius 1 is 1.53 bits per heavy atom. The van der Waals surface area contributed by atoms with E-state index in [1.54, 1.807) is 18.9 Å². The minimum Gasteiger partial charge on any atom is -0.383 e. The number of ether oxygens (including phenoxy) is 1. The molecule has 17 heavy (non-hydrogen) atoms. The molecule has 1 aliphatic heterocycles. The van der Waals surface area contributed by atoms with Crippen molar-refractivity contribution in [2.24, 2.45) is 0 Å². The first kappa shape index (κ1) is 14.0. The van der Waals surface area contributed by atoms with Crippen LogP contribution in [0.2, 0.25) is 0 Å². The highest BCUT2D eigenvalue weighted by Crippen LogP contribution is 2.20. The van der Waals surface area contributed by atoms with Crippen LogP contribution in [0.1, 0.15) is 33.6 Å². The van der Waals surface area contributed by atoms with Crippen LogP contribution >= 0.6 is 0 Å². The van der Waals surface area contributed by atoms with Gasteiger partial charge in [-0.1, -0.05) is 6.92 Å². The highest BCUT2D eigenvalue weighted by atomic mass is 16.5. The molecule has 2 atom stereocenters. The van der Waals surface area contributed by atoms with Gasteiger partial charge in [-0.3, -0.25) is 9.59 Å². The molecule has 0 bridgehead atoms. The van der Waals surface area contributed by atoms with Gasteiger partial charge >= 0.3 is 0 Å². The first-order chi connectivity index (χ1) is 7.94. The molecule has 0 aromatic rings. The molecule has 0 aliphatic carbocycles. The molecule has 0 radical (unpaired) electrons. The number of nitrogens with zero attached hydrogens (tertiary/aromatic N) is 1. The first-order valence-corrected chi connectivity index (χ1v) is 6.05. The lowest BCUT2D eigenvalue weighted by Gasteiger charge is -2.33. The Bertz CT molecular complexity index is 306. The van der Waals surface area contributed by atoms with Crippen molar-refractivity contribution in [3.8, 4) is 0 Å². The smallest absolute Gasteiger partial charge is 0.248 e. The molecule has 0 spiro atoms. The monoisotopic (exact) mass is 242 g/mol. The third-order valence-electron chi connectivity index (χ3n) is 3.40. The van der Waals surface area contributed by atoms with Gasteiger partial charge in [0.1, 0.15) is 5.54 Å². The summed E-state index contributed by atoms with van der Waals surface area (Å²) in [5, 5.41) is 2.82. The van der Waals surface area contributed by atoms with Crippen molar-refractivity contribution < 1.29 is 14.3 Å². The maximum Gasteiger partial charge on any atom is 0.248 e. The van der Waals surface area contributed by atoms with Crippen LogP contribution in [0.15, 0.2) is 0 Å². The standard InChI is InChI=1S/C12H22N2O3/c1-5-12(3)11(16)14(6-7-17-4)9(2)8-10(15)13-12/h9H,5-8H2,1-4H3,(H,13,15). The third kappa shape index (κ3) is 2.97. The summed E-state index contributed by atoms with van der Waals surface area (Å²) in [6.07, 6.45) is 0.943. The fourth-order valence-electron chi connectivity index (χ4n) is 2.06. The summed E-state index contributed by atoms with van der Waals surface area (Å²) in [7, 11) is 1.61. The Morgan fingerprint density at radius 3 is 2.71 bits per heavy atom. The van der Waals surface area contributed by atoms with E-state index in [9.17, 15) is 9.59 Å². The Labute approximate surface area is 102 Å². The maximum atomic E-state index is 12.4. The van der Waals surface area contributed by atoms with Crippen LogP contribution in [0.5, 0.6) is 0 Å². The van der Waals surface area contributed by atoms with E-state index in [1.807, 2.05) is 13.8 Å². The molecular formula is C12H22N2O3. The number of rotatable bonds is 4. The van der Waals surface area contributed by atoms with Crippen LogP contribution < -0.4 is 5.32 Å². The lowest BCUT2D eigenvalue weighted by Crippen LogP contribution is -2.55. The molecule has 2 amide bonds. The van der Waals surface area contributed by atoms with Crippen molar-refractivity contribution in [2.45, 2.75) is 45.2 Å². The predicted octanol–water partition coefficient (Wildman–Crippen LogP) is 0.539. The summed E-state index contributed by atoms with van der Waals surface area (Å²) in [6, 6.07) is -0.0778. The van der Waals surface area contributed by atoms with E-state index in [4.69, 9.17) is 4.74 Å². The Hall–Kier alpha value is -1.10. The van der Waals surface area contributed by atoms with Crippen molar-refractivity contribution in [1.82, 2.24) is 10.2 Å². The number of nitrogens with one attached hydrogen (secondary N) is 1. The molecule has 1 N–H and O–H groups in total. The molecule has 0 saturated carbocycles. The molecule has 98 valence electrons. The second-order valence-corrected chi connectivity index (χ2v) is 4.78. The van der Waals surface area contributed by atoms with Crippen LogP contribution in [0.3, 0.4) is 0 Å². The van der Waals surface area contributed by atoms with Gasteiger partial charge in [0.25, 0.3) is 0 Å². The Balaban J connectivity index is 2.93. The highest BCUT2D eigenvalue weighted by Gasteiger charge is 2.41. The average Bonchev–Trinajstić information content (AvgIpc) is 2.35. The lowest BCUT2D eigenvalue weighted by molar-refractivity contribution is -0.140. The third-order valence-corrected chi connectivity index (χ3v) is 3.40. The minimum atomic E-state index is -0.782. The molecule has 1 rings (SSSR count). The van der Waals surface area contributed by atoms with Crippen molar-refractivity contribution in [3.05, 3.63) is 0 Å².